The molecule has 0 aromatic heterocycles. The van der Waals surface area contributed by atoms with Gasteiger partial charge >= 0.3 is 5.97 Å². The van der Waals surface area contributed by atoms with Gasteiger partial charge in [-0.1, -0.05) is 13.0 Å². The molecule has 1 fully saturated rings. The number of hydrogen-bond acceptors (Lipinski definition) is 2. The van der Waals surface area contributed by atoms with Gasteiger partial charge < -0.3 is 4.74 Å². The normalized spacial score (nSPS) is 32.4. The molecule has 11 heavy (non-hydrogen) atoms. The Labute approximate surface area is 67.2 Å². The van der Waals surface area contributed by atoms with Crippen LogP contribution in [0, 0.1) is 5.92 Å². The van der Waals surface area contributed by atoms with Crippen molar-refractivity contribution in [3.8, 4) is 0 Å². The lowest BCUT2D eigenvalue weighted by atomic mass is 9.99. The monoisotopic (exact) mass is 154 g/mol. The van der Waals surface area contributed by atoms with E-state index in [1.807, 2.05) is 26.0 Å². The van der Waals surface area contributed by atoms with Crippen molar-refractivity contribution in [3.05, 3.63) is 12.2 Å². The molecule has 0 aromatic rings. The molecule has 0 saturated carbocycles. The van der Waals surface area contributed by atoms with Crippen LogP contribution in [0.25, 0.3) is 0 Å². The predicted octanol–water partition coefficient (Wildman–Crippen LogP) is 1.90. The molecule has 0 bridgehead atoms. The number of allylic oxidation sites excluding steroid dienone is 1. The van der Waals surface area contributed by atoms with Crippen LogP contribution in [0.3, 0.4) is 0 Å². The summed E-state index contributed by atoms with van der Waals surface area (Å²) >= 11 is 0. The van der Waals surface area contributed by atoms with Crippen molar-refractivity contribution >= 4 is 5.97 Å². The van der Waals surface area contributed by atoms with Gasteiger partial charge in [0.2, 0.25) is 0 Å². The van der Waals surface area contributed by atoms with Gasteiger partial charge in [-0.15, -0.1) is 0 Å². The first-order valence-corrected chi connectivity index (χ1v) is 4.07. The highest BCUT2D eigenvalue weighted by Gasteiger charge is 2.24. The summed E-state index contributed by atoms with van der Waals surface area (Å²) in [5.74, 6) is 0.0378. The van der Waals surface area contributed by atoms with Crippen LogP contribution in [0.5, 0.6) is 0 Å². The molecular weight excluding hydrogens is 140 g/mol. The first-order chi connectivity index (χ1) is 5.24. The van der Waals surface area contributed by atoms with Crippen LogP contribution in [0.15, 0.2) is 12.2 Å². The van der Waals surface area contributed by atoms with Crippen molar-refractivity contribution < 1.29 is 9.53 Å². The van der Waals surface area contributed by atoms with E-state index in [1.54, 1.807) is 0 Å². The minimum Gasteiger partial charge on any atom is -0.458 e. The number of rotatable bonds is 1. The van der Waals surface area contributed by atoms with Crippen LogP contribution in [0.4, 0.5) is 0 Å². The zero-order valence-electron chi connectivity index (χ0n) is 7.04. The van der Waals surface area contributed by atoms with Crippen molar-refractivity contribution in [2.45, 2.75) is 32.8 Å². The lowest BCUT2D eigenvalue weighted by Crippen LogP contribution is -2.28. The highest BCUT2D eigenvalue weighted by molar-refractivity contribution is 5.73. The van der Waals surface area contributed by atoms with Gasteiger partial charge in [-0.2, -0.15) is 0 Å². The van der Waals surface area contributed by atoms with E-state index in [9.17, 15) is 4.79 Å². The topological polar surface area (TPSA) is 26.3 Å². The number of carbonyl (C=O) groups is 1. The Balaban J connectivity index is 2.46. The van der Waals surface area contributed by atoms with E-state index in [0.717, 1.165) is 12.8 Å². The number of cyclic esters (lactones) is 1. The Bertz CT molecular complexity index is 172. The van der Waals surface area contributed by atoms with Crippen LogP contribution in [-0.2, 0) is 9.53 Å². The second kappa shape index (κ2) is 3.56. The van der Waals surface area contributed by atoms with Gasteiger partial charge in [-0.05, 0) is 25.8 Å². The highest BCUT2D eigenvalue weighted by atomic mass is 16.5. The van der Waals surface area contributed by atoms with Crippen molar-refractivity contribution in [3.63, 3.8) is 0 Å². The van der Waals surface area contributed by atoms with Crippen LogP contribution in [0.1, 0.15) is 26.7 Å². The fourth-order valence-corrected chi connectivity index (χ4v) is 1.21. The fourth-order valence-electron chi connectivity index (χ4n) is 1.21. The summed E-state index contributed by atoms with van der Waals surface area (Å²) in [6.45, 7) is 3.85. The summed E-state index contributed by atoms with van der Waals surface area (Å²) in [6, 6.07) is 0. The van der Waals surface area contributed by atoms with Gasteiger partial charge in [0.15, 0.2) is 0 Å². The minimum absolute atomic E-state index is 0.0312. The third kappa shape index (κ3) is 2.07. The van der Waals surface area contributed by atoms with E-state index >= 15 is 0 Å². The first kappa shape index (κ1) is 8.31. The summed E-state index contributed by atoms with van der Waals surface area (Å²) in [5, 5.41) is 0. The summed E-state index contributed by atoms with van der Waals surface area (Å²) in [7, 11) is 0. The van der Waals surface area contributed by atoms with Crippen molar-refractivity contribution in [2.24, 2.45) is 5.92 Å². The zero-order valence-corrected chi connectivity index (χ0v) is 7.04. The van der Waals surface area contributed by atoms with Gasteiger partial charge in [-0.3, -0.25) is 4.79 Å². The van der Waals surface area contributed by atoms with E-state index in [4.69, 9.17) is 4.74 Å². The van der Waals surface area contributed by atoms with Crippen molar-refractivity contribution in [1.82, 2.24) is 0 Å². The highest BCUT2D eigenvalue weighted by Crippen LogP contribution is 2.20. The maximum atomic E-state index is 11.0. The average Bonchev–Trinajstić information content (AvgIpc) is 1.98. The van der Waals surface area contributed by atoms with Crippen LogP contribution in [-0.4, -0.2) is 12.1 Å². The molecule has 2 nitrogen and oxygen atoms in total. The Hall–Kier alpha value is -0.790. The smallest absolute Gasteiger partial charge is 0.309 e. The predicted molar refractivity (Wildman–Crippen MR) is 43.1 cm³/mol. The molecule has 0 spiro atoms. The maximum absolute atomic E-state index is 11.0. The Morgan fingerprint density at radius 2 is 2.27 bits per heavy atom. The lowest BCUT2D eigenvalue weighted by Gasteiger charge is -2.23. The second-order valence-electron chi connectivity index (χ2n) is 2.98. The third-order valence-electron chi connectivity index (χ3n) is 1.96. The molecule has 0 aliphatic carbocycles. The Morgan fingerprint density at radius 1 is 1.55 bits per heavy atom. The summed E-state index contributed by atoms with van der Waals surface area (Å²) in [5.41, 5.74) is 0. The van der Waals surface area contributed by atoms with Crippen molar-refractivity contribution in [2.75, 3.05) is 0 Å². The van der Waals surface area contributed by atoms with E-state index in [1.165, 1.54) is 0 Å². The van der Waals surface area contributed by atoms with Crippen LogP contribution < -0.4 is 0 Å². The van der Waals surface area contributed by atoms with E-state index in [2.05, 4.69) is 0 Å². The summed E-state index contributed by atoms with van der Waals surface area (Å²) in [6.07, 6.45) is 5.81. The zero-order chi connectivity index (χ0) is 8.27. The minimum atomic E-state index is -0.0562. The van der Waals surface area contributed by atoms with Gasteiger partial charge in [-0.25, -0.2) is 0 Å². The molecule has 1 rings (SSSR count). The number of esters is 1. The van der Waals surface area contributed by atoms with E-state index < -0.39 is 0 Å². The molecule has 0 unspecified atom stereocenters. The van der Waals surface area contributed by atoms with E-state index in [-0.39, 0.29) is 18.0 Å². The summed E-state index contributed by atoms with van der Waals surface area (Å²) < 4.78 is 5.11. The molecule has 0 aromatic carbocycles. The lowest BCUT2D eigenvalue weighted by molar-refractivity contribution is -0.156. The second-order valence-corrected chi connectivity index (χ2v) is 2.98. The van der Waals surface area contributed by atoms with Gasteiger partial charge in [0.05, 0.1) is 5.92 Å². The van der Waals surface area contributed by atoms with Gasteiger partial charge in [0.1, 0.15) is 6.10 Å². The SMILES string of the molecule is C/C=C/[C@@H]1CC[C@@H](C)C(=O)O1. The third-order valence-corrected chi connectivity index (χ3v) is 1.96. The molecule has 2 atom stereocenters. The number of hydrogen-bond donors (Lipinski definition) is 0. The number of ether oxygens (including phenoxy) is 1. The molecule has 0 radical (unpaired) electrons. The quantitative estimate of drug-likeness (QED) is 0.426. The molecule has 1 heterocycles. The molecule has 62 valence electrons. The molecule has 1 aliphatic rings. The molecule has 1 saturated heterocycles. The van der Waals surface area contributed by atoms with Crippen LogP contribution >= 0.6 is 0 Å². The van der Waals surface area contributed by atoms with E-state index in [0.29, 0.717) is 0 Å². The molecule has 0 amide bonds. The maximum Gasteiger partial charge on any atom is 0.309 e. The van der Waals surface area contributed by atoms with Gasteiger partial charge in [0.25, 0.3) is 0 Å². The standard InChI is InChI=1S/C9H14O2/c1-3-4-8-6-5-7(2)9(10)11-8/h3-4,7-8H,5-6H2,1-2H3/b4-3+/t7-,8-/m1/s1. The largest absolute Gasteiger partial charge is 0.458 e. The Kier molecular flexibility index (Phi) is 2.69. The van der Waals surface area contributed by atoms with Crippen LogP contribution in [0.2, 0.25) is 0 Å². The van der Waals surface area contributed by atoms with Crippen molar-refractivity contribution in [1.29, 1.82) is 0 Å². The Morgan fingerprint density at radius 3 is 2.82 bits per heavy atom. The first-order valence-electron chi connectivity index (χ1n) is 4.07. The average molecular weight is 154 g/mol. The van der Waals surface area contributed by atoms with Gasteiger partial charge in [0, 0.05) is 0 Å². The fraction of sp³-hybridized carbons (Fsp3) is 0.667. The molecule has 1 aliphatic heterocycles. The summed E-state index contributed by atoms with van der Waals surface area (Å²) in [4.78, 5) is 11.0. The number of carbonyl (C=O) groups excluding carboxylic acids is 1. The molecule has 2 heteroatoms. The molecular formula is C9H14O2. The molecule has 0 N–H and O–H groups in total.